The Hall–Kier alpha value is -2.25. The first kappa shape index (κ1) is 13.2. The highest BCUT2D eigenvalue weighted by Gasteiger charge is 2.01. The number of nitrogens with two attached hydrogens (primary N) is 1. The molecule has 2 rings (SSSR count). The fourth-order valence-corrected chi connectivity index (χ4v) is 1.73. The maximum absolute atomic E-state index is 5.72. The first-order chi connectivity index (χ1) is 9.19. The van der Waals surface area contributed by atoms with Gasteiger partial charge in [0.1, 0.15) is 12.4 Å². The molecule has 4 heteroatoms. The fourth-order valence-electron chi connectivity index (χ4n) is 1.73. The standard InChI is InChI=1S/C15H17N3O/c1-12-8-15(6-5-14(12)4-3-7-16)19-11-13-9-17-18(2)10-13/h5-6,8-10H,7,11,16H2,1-2H3. The Morgan fingerprint density at radius 3 is 2.89 bits per heavy atom. The number of hydrogen-bond acceptors (Lipinski definition) is 3. The lowest BCUT2D eigenvalue weighted by Gasteiger charge is -2.06. The van der Waals surface area contributed by atoms with Crippen LogP contribution < -0.4 is 10.5 Å². The van der Waals surface area contributed by atoms with Crippen LogP contribution in [-0.4, -0.2) is 16.3 Å². The van der Waals surface area contributed by atoms with Crippen LogP contribution in [0.5, 0.6) is 5.75 Å². The van der Waals surface area contributed by atoms with Crippen molar-refractivity contribution in [1.82, 2.24) is 9.78 Å². The Morgan fingerprint density at radius 2 is 2.26 bits per heavy atom. The maximum Gasteiger partial charge on any atom is 0.120 e. The molecule has 98 valence electrons. The van der Waals surface area contributed by atoms with Crippen LogP contribution in [0.25, 0.3) is 0 Å². The topological polar surface area (TPSA) is 53.1 Å². The third-order valence-electron chi connectivity index (χ3n) is 2.69. The van der Waals surface area contributed by atoms with Crippen LogP contribution in [-0.2, 0) is 13.7 Å². The second-order valence-electron chi connectivity index (χ2n) is 4.29. The van der Waals surface area contributed by atoms with Crippen LogP contribution in [0.2, 0.25) is 0 Å². The lowest BCUT2D eigenvalue weighted by Crippen LogP contribution is -1.96. The van der Waals surface area contributed by atoms with Crippen LogP contribution in [0.3, 0.4) is 0 Å². The molecule has 0 atom stereocenters. The summed E-state index contributed by atoms with van der Waals surface area (Å²) in [6.07, 6.45) is 3.74. The number of aromatic nitrogens is 2. The van der Waals surface area contributed by atoms with Crippen molar-refractivity contribution in [1.29, 1.82) is 0 Å². The normalized spacial score (nSPS) is 9.84. The van der Waals surface area contributed by atoms with Crippen LogP contribution in [0.4, 0.5) is 0 Å². The monoisotopic (exact) mass is 255 g/mol. The van der Waals surface area contributed by atoms with Crippen molar-refractivity contribution in [3.8, 4) is 17.6 Å². The fraction of sp³-hybridized carbons (Fsp3) is 0.267. The Morgan fingerprint density at radius 1 is 1.42 bits per heavy atom. The molecular formula is C15H17N3O. The molecule has 4 nitrogen and oxygen atoms in total. The number of nitrogens with zero attached hydrogens (tertiary/aromatic N) is 2. The van der Waals surface area contributed by atoms with Gasteiger partial charge in [0, 0.05) is 24.4 Å². The minimum atomic E-state index is 0.374. The van der Waals surface area contributed by atoms with Crippen molar-refractivity contribution >= 4 is 0 Å². The van der Waals surface area contributed by atoms with E-state index < -0.39 is 0 Å². The van der Waals surface area contributed by atoms with Crippen LogP contribution in [0, 0.1) is 18.8 Å². The van der Waals surface area contributed by atoms with E-state index in [0.29, 0.717) is 13.2 Å². The van der Waals surface area contributed by atoms with E-state index in [0.717, 1.165) is 22.4 Å². The van der Waals surface area contributed by atoms with E-state index in [-0.39, 0.29) is 0 Å². The quantitative estimate of drug-likeness (QED) is 0.848. The van der Waals surface area contributed by atoms with Crippen molar-refractivity contribution in [3.63, 3.8) is 0 Å². The zero-order chi connectivity index (χ0) is 13.7. The third-order valence-corrected chi connectivity index (χ3v) is 2.69. The van der Waals surface area contributed by atoms with Gasteiger partial charge in [0.2, 0.25) is 0 Å². The first-order valence-corrected chi connectivity index (χ1v) is 6.09. The smallest absolute Gasteiger partial charge is 0.120 e. The molecule has 0 aliphatic carbocycles. The van der Waals surface area contributed by atoms with Crippen LogP contribution in [0.15, 0.2) is 30.6 Å². The van der Waals surface area contributed by atoms with Gasteiger partial charge in [-0.3, -0.25) is 4.68 Å². The molecule has 0 aliphatic rings. The molecule has 0 saturated heterocycles. The van der Waals surface area contributed by atoms with E-state index in [1.54, 1.807) is 10.9 Å². The summed E-state index contributed by atoms with van der Waals surface area (Å²) in [5.41, 5.74) is 8.49. The Bertz CT molecular complexity index is 620. The van der Waals surface area contributed by atoms with Gasteiger partial charge in [-0.05, 0) is 30.7 Å². The number of rotatable bonds is 3. The molecule has 1 aromatic carbocycles. The summed E-state index contributed by atoms with van der Waals surface area (Å²) in [7, 11) is 1.89. The van der Waals surface area contributed by atoms with Crippen molar-refractivity contribution in [2.75, 3.05) is 6.54 Å². The zero-order valence-corrected chi connectivity index (χ0v) is 11.2. The molecule has 0 saturated carbocycles. The van der Waals surface area contributed by atoms with E-state index in [2.05, 4.69) is 16.9 Å². The molecule has 0 unspecified atom stereocenters. The Kier molecular flexibility index (Phi) is 4.22. The summed E-state index contributed by atoms with van der Waals surface area (Å²) in [6.45, 7) is 2.90. The summed E-state index contributed by atoms with van der Waals surface area (Å²) in [5.74, 6) is 6.72. The van der Waals surface area contributed by atoms with Gasteiger partial charge < -0.3 is 10.5 Å². The molecule has 2 aromatic rings. The van der Waals surface area contributed by atoms with E-state index >= 15 is 0 Å². The van der Waals surface area contributed by atoms with Gasteiger partial charge in [-0.2, -0.15) is 5.10 Å². The molecule has 2 N–H and O–H groups in total. The SMILES string of the molecule is Cc1cc(OCc2cnn(C)c2)ccc1C#CCN. The minimum absolute atomic E-state index is 0.374. The molecule has 0 amide bonds. The molecule has 19 heavy (non-hydrogen) atoms. The van der Waals surface area contributed by atoms with E-state index in [1.165, 1.54) is 0 Å². The molecule has 0 bridgehead atoms. The van der Waals surface area contributed by atoms with Crippen LogP contribution in [0.1, 0.15) is 16.7 Å². The van der Waals surface area contributed by atoms with E-state index in [4.69, 9.17) is 10.5 Å². The molecular weight excluding hydrogens is 238 g/mol. The summed E-state index contributed by atoms with van der Waals surface area (Å²) < 4.78 is 7.48. The summed E-state index contributed by atoms with van der Waals surface area (Å²) in [6, 6.07) is 5.86. The molecule has 0 spiro atoms. The highest BCUT2D eigenvalue weighted by molar-refractivity contribution is 5.44. The zero-order valence-electron chi connectivity index (χ0n) is 11.2. The lowest BCUT2D eigenvalue weighted by molar-refractivity contribution is 0.306. The predicted molar refractivity (Wildman–Crippen MR) is 74.7 cm³/mol. The van der Waals surface area contributed by atoms with E-state index in [9.17, 15) is 0 Å². The number of aryl methyl sites for hydroxylation is 2. The summed E-state index contributed by atoms with van der Waals surface area (Å²) in [4.78, 5) is 0. The van der Waals surface area contributed by atoms with Gasteiger partial charge in [0.15, 0.2) is 0 Å². The largest absolute Gasteiger partial charge is 0.489 e. The lowest BCUT2D eigenvalue weighted by atomic mass is 10.1. The second-order valence-corrected chi connectivity index (χ2v) is 4.29. The minimum Gasteiger partial charge on any atom is -0.489 e. The van der Waals surface area contributed by atoms with E-state index in [1.807, 2.05) is 38.4 Å². The Balaban J connectivity index is 2.03. The number of ether oxygens (including phenoxy) is 1. The highest BCUT2D eigenvalue weighted by atomic mass is 16.5. The van der Waals surface area contributed by atoms with Crippen LogP contribution >= 0.6 is 0 Å². The average molecular weight is 255 g/mol. The predicted octanol–water partition coefficient (Wildman–Crippen LogP) is 1.62. The van der Waals surface area contributed by atoms with Gasteiger partial charge >= 0.3 is 0 Å². The first-order valence-electron chi connectivity index (χ1n) is 6.09. The molecule has 1 heterocycles. The summed E-state index contributed by atoms with van der Waals surface area (Å²) >= 11 is 0. The van der Waals surface area contributed by atoms with Gasteiger partial charge in [-0.1, -0.05) is 11.8 Å². The third kappa shape index (κ3) is 3.60. The molecule has 0 aliphatic heterocycles. The number of benzene rings is 1. The highest BCUT2D eigenvalue weighted by Crippen LogP contribution is 2.17. The molecule has 1 aromatic heterocycles. The van der Waals surface area contributed by atoms with Crippen molar-refractivity contribution in [2.45, 2.75) is 13.5 Å². The summed E-state index contributed by atoms with van der Waals surface area (Å²) in [5, 5.41) is 4.10. The van der Waals surface area contributed by atoms with Gasteiger partial charge in [0.25, 0.3) is 0 Å². The number of hydrogen-bond donors (Lipinski definition) is 1. The maximum atomic E-state index is 5.72. The molecule has 0 fully saturated rings. The van der Waals surface area contributed by atoms with Gasteiger partial charge in [-0.25, -0.2) is 0 Å². The Labute approximate surface area is 113 Å². The van der Waals surface area contributed by atoms with Crippen molar-refractivity contribution < 1.29 is 4.74 Å². The second kappa shape index (κ2) is 6.07. The van der Waals surface area contributed by atoms with Gasteiger partial charge in [-0.15, -0.1) is 0 Å². The van der Waals surface area contributed by atoms with Gasteiger partial charge in [0.05, 0.1) is 12.7 Å². The van der Waals surface area contributed by atoms with Crippen molar-refractivity contribution in [3.05, 3.63) is 47.3 Å². The van der Waals surface area contributed by atoms with Crippen molar-refractivity contribution in [2.24, 2.45) is 12.8 Å². The average Bonchev–Trinajstić information content (AvgIpc) is 2.81. The molecule has 0 radical (unpaired) electrons.